The van der Waals surface area contributed by atoms with Gasteiger partial charge in [-0.1, -0.05) is 25.6 Å². The number of hydrogen-bond acceptors (Lipinski definition) is 4. The van der Waals surface area contributed by atoms with Crippen LogP contribution in [0, 0.1) is 23.2 Å². The summed E-state index contributed by atoms with van der Waals surface area (Å²) in [6, 6.07) is 5.57. The van der Waals surface area contributed by atoms with Gasteiger partial charge in [0.25, 0.3) is 0 Å². The first-order valence-electron chi connectivity index (χ1n) is 6.85. The lowest BCUT2D eigenvalue weighted by molar-refractivity contribution is -0.130. The van der Waals surface area contributed by atoms with Crippen LogP contribution in [0.3, 0.4) is 0 Å². The van der Waals surface area contributed by atoms with E-state index < -0.39 is 0 Å². The Morgan fingerprint density at radius 1 is 1.50 bits per heavy atom. The van der Waals surface area contributed by atoms with Crippen molar-refractivity contribution in [1.82, 2.24) is 9.88 Å². The number of carbonyl (C=O) groups excluding carboxylic acids is 1. The number of aromatic nitrogens is 1. The van der Waals surface area contributed by atoms with E-state index in [0.717, 1.165) is 13.1 Å². The van der Waals surface area contributed by atoms with E-state index in [1.165, 1.54) is 18.2 Å². The smallest absolute Gasteiger partial charge is 0.233 e. The van der Waals surface area contributed by atoms with E-state index in [-0.39, 0.29) is 5.91 Å². The third kappa shape index (κ3) is 3.73. The fourth-order valence-corrected chi connectivity index (χ4v) is 3.53. The monoisotopic (exact) mass is 289 g/mol. The molecule has 1 fully saturated rings. The molecule has 0 radical (unpaired) electrons. The van der Waals surface area contributed by atoms with Gasteiger partial charge in [0.15, 0.2) is 0 Å². The summed E-state index contributed by atoms with van der Waals surface area (Å²) in [5.74, 6) is 1.63. The maximum absolute atomic E-state index is 12.3. The molecule has 0 aromatic carbocycles. The summed E-state index contributed by atoms with van der Waals surface area (Å²) in [4.78, 5) is 18.4. The van der Waals surface area contributed by atoms with E-state index in [1.807, 2.05) is 4.90 Å². The van der Waals surface area contributed by atoms with Crippen molar-refractivity contribution in [2.24, 2.45) is 11.8 Å². The lowest BCUT2D eigenvalue weighted by Crippen LogP contribution is -2.43. The van der Waals surface area contributed by atoms with Crippen LogP contribution in [0.2, 0.25) is 0 Å². The number of rotatable bonds is 3. The van der Waals surface area contributed by atoms with Crippen molar-refractivity contribution in [3.05, 3.63) is 23.9 Å². The molecular formula is C15H19N3OS. The molecule has 5 heteroatoms. The Hall–Kier alpha value is -1.54. The summed E-state index contributed by atoms with van der Waals surface area (Å²) < 4.78 is 0. The van der Waals surface area contributed by atoms with Gasteiger partial charge >= 0.3 is 0 Å². The Labute approximate surface area is 124 Å². The van der Waals surface area contributed by atoms with Crippen LogP contribution in [0.25, 0.3) is 0 Å². The highest BCUT2D eigenvalue weighted by Crippen LogP contribution is 2.24. The average molecular weight is 289 g/mol. The number of thioether (sulfide) groups is 1. The van der Waals surface area contributed by atoms with Gasteiger partial charge in [0.1, 0.15) is 11.1 Å². The van der Waals surface area contributed by atoms with Gasteiger partial charge in [0.05, 0.1) is 11.3 Å². The van der Waals surface area contributed by atoms with Crippen molar-refractivity contribution < 1.29 is 4.79 Å². The van der Waals surface area contributed by atoms with Crippen LogP contribution in [0.15, 0.2) is 23.4 Å². The Balaban J connectivity index is 1.94. The molecule has 1 aliphatic heterocycles. The van der Waals surface area contributed by atoms with Crippen LogP contribution < -0.4 is 0 Å². The summed E-state index contributed by atoms with van der Waals surface area (Å²) in [7, 11) is 0. The first-order chi connectivity index (χ1) is 9.60. The lowest BCUT2D eigenvalue weighted by Gasteiger charge is -2.35. The predicted octanol–water partition coefficient (Wildman–Crippen LogP) is 2.55. The SMILES string of the molecule is C[C@@H]1C[C@@H](C)CN(C(=O)CSc2ncccc2C#N)C1. The average Bonchev–Trinajstić information content (AvgIpc) is 2.44. The Kier molecular flexibility index (Phi) is 5.02. The highest BCUT2D eigenvalue weighted by Gasteiger charge is 2.25. The zero-order chi connectivity index (χ0) is 14.5. The molecule has 2 atom stereocenters. The second kappa shape index (κ2) is 6.76. The number of hydrogen-bond donors (Lipinski definition) is 0. The molecule has 1 amide bonds. The van der Waals surface area contributed by atoms with Gasteiger partial charge < -0.3 is 4.90 Å². The summed E-state index contributed by atoms with van der Waals surface area (Å²) in [6.07, 6.45) is 2.84. The third-order valence-electron chi connectivity index (χ3n) is 3.45. The highest BCUT2D eigenvalue weighted by molar-refractivity contribution is 7.99. The van der Waals surface area contributed by atoms with Crippen molar-refractivity contribution >= 4 is 17.7 Å². The number of nitrogens with zero attached hydrogens (tertiary/aromatic N) is 3. The summed E-state index contributed by atoms with van der Waals surface area (Å²) in [6.45, 7) is 6.07. The number of nitriles is 1. The van der Waals surface area contributed by atoms with E-state index in [4.69, 9.17) is 5.26 Å². The fourth-order valence-electron chi connectivity index (χ4n) is 2.68. The van der Waals surface area contributed by atoms with E-state index in [1.54, 1.807) is 18.3 Å². The number of piperidine rings is 1. The molecule has 0 N–H and O–H groups in total. The standard InChI is InChI=1S/C15H19N3OS/c1-11-6-12(2)9-18(8-11)14(19)10-20-15-13(7-16)4-3-5-17-15/h3-5,11-12H,6,8-10H2,1-2H3/t11-,12-/m1/s1. The van der Waals surface area contributed by atoms with Crippen LogP contribution in [-0.2, 0) is 4.79 Å². The van der Waals surface area contributed by atoms with Gasteiger partial charge in [0, 0.05) is 19.3 Å². The van der Waals surface area contributed by atoms with Crippen molar-refractivity contribution in [1.29, 1.82) is 5.26 Å². The van der Waals surface area contributed by atoms with Crippen LogP contribution in [0.4, 0.5) is 0 Å². The lowest BCUT2D eigenvalue weighted by atomic mass is 9.92. The van der Waals surface area contributed by atoms with E-state index in [0.29, 0.717) is 28.2 Å². The molecule has 1 aliphatic rings. The van der Waals surface area contributed by atoms with Gasteiger partial charge in [-0.15, -0.1) is 0 Å². The molecule has 1 aromatic heterocycles. The molecule has 1 aromatic rings. The second-order valence-electron chi connectivity index (χ2n) is 5.50. The summed E-state index contributed by atoms with van der Waals surface area (Å²) in [5.41, 5.74) is 0.533. The van der Waals surface area contributed by atoms with Gasteiger partial charge in [-0.3, -0.25) is 4.79 Å². The minimum Gasteiger partial charge on any atom is -0.341 e. The highest BCUT2D eigenvalue weighted by atomic mass is 32.2. The minimum absolute atomic E-state index is 0.142. The number of amides is 1. The van der Waals surface area contributed by atoms with Crippen LogP contribution in [-0.4, -0.2) is 34.6 Å². The number of likely N-dealkylation sites (tertiary alicyclic amines) is 1. The number of carbonyl (C=O) groups is 1. The molecule has 4 nitrogen and oxygen atoms in total. The van der Waals surface area contributed by atoms with Crippen LogP contribution >= 0.6 is 11.8 Å². The largest absolute Gasteiger partial charge is 0.341 e. The van der Waals surface area contributed by atoms with Crippen molar-refractivity contribution in [3.63, 3.8) is 0 Å². The van der Waals surface area contributed by atoms with E-state index in [2.05, 4.69) is 24.9 Å². The maximum atomic E-state index is 12.3. The van der Waals surface area contributed by atoms with Crippen molar-refractivity contribution in [3.8, 4) is 6.07 Å². The normalized spacial score (nSPS) is 22.4. The molecule has 1 saturated heterocycles. The molecule has 0 unspecified atom stereocenters. The van der Waals surface area contributed by atoms with E-state index in [9.17, 15) is 4.79 Å². The first kappa shape index (κ1) is 14.9. The van der Waals surface area contributed by atoms with Crippen molar-refractivity contribution in [2.75, 3.05) is 18.8 Å². The van der Waals surface area contributed by atoms with Crippen molar-refractivity contribution in [2.45, 2.75) is 25.3 Å². The van der Waals surface area contributed by atoms with Crippen LogP contribution in [0.5, 0.6) is 0 Å². The van der Waals surface area contributed by atoms with Gasteiger partial charge in [-0.2, -0.15) is 5.26 Å². The van der Waals surface area contributed by atoms with Gasteiger partial charge in [-0.25, -0.2) is 4.98 Å². The molecular weight excluding hydrogens is 270 g/mol. The predicted molar refractivity (Wildman–Crippen MR) is 79.2 cm³/mol. The zero-order valence-electron chi connectivity index (χ0n) is 11.9. The molecule has 20 heavy (non-hydrogen) atoms. The molecule has 0 spiro atoms. The van der Waals surface area contributed by atoms with E-state index >= 15 is 0 Å². The third-order valence-corrected chi connectivity index (χ3v) is 4.44. The van der Waals surface area contributed by atoms with Gasteiger partial charge in [0.2, 0.25) is 5.91 Å². The Bertz CT molecular complexity index is 516. The Morgan fingerprint density at radius 3 is 2.85 bits per heavy atom. The first-order valence-corrected chi connectivity index (χ1v) is 7.84. The summed E-state index contributed by atoms with van der Waals surface area (Å²) >= 11 is 1.35. The second-order valence-corrected chi connectivity index (χ2v) is 6.47. The molecule has 2 rings (SSSR count). The minimum atomic E-state index is 0.142. The number of pyridine rings is 1. The molecule has 0 aliphatic carbocycles. The maximum Gasteiger partial charge on any atom is 0.233 e. The summed E-state index contributed by atoms with van der Waals surface area (Å²) in [5, 5.41) is 9.64. The molecule has 106 valence electrons. The van der Waals surface area contributed by atoms with Gasteiger partial charge in [-0.05, 0) is 30.4 Å². The quantitative estimate of drug-likeness (QED) is 0.802. The van der Waals surface area contributed by atoms with Crippen LogP contribution in [0.1, 0.15) is 25.8 Å². The Morgan fingerprint density at radius 2 is 2.20 bits per heavy atom. The molecule has 0 saturated carbocycles. The molecule has 0 bridgehead atoms. The zero-order valence-corrected chi connectivity index (χ0v) is 12.7. The fraction of sp³-hybridized carbons (Fsp3) is 0.533. The molecule has 2 heterocycles. The topological polar surface area (TPSA) is 57.0 Å².